The van der Waals surface area contributed by atoms with Crippen molar-refractivity contribution in [3.63, 3.8) is 0 Å². The third-order valence-corrected chi connectivity index (χ3v) is 3.74. The first kappa shape index (κ1) is 15.1. The van der Waals surface area contributed by atoms with Crippen LogP contribution in [-0.4, -0.2) is 27.5 Å². The van der Waals surface area contributed by atoms with Crippen molar-refractivity contribution in [3.05, 3.63) is 54.1 Å². The van der Waals surface area contributed by atoms with Crippen LogP contribution >= 0.6 is 0 Å². The van der Waals surface area contributed by atoms with Gasteiger partial charge in [-0.15, -0.1) is 0 Å². The number of anilines is 2. The second kappa shape index (κ2) is 6.95. The van der Waals surface area contributed by atoms with Crippen LogP contribution in [0.15, 0.2) is 48.5 Å². The Morgan fingerprint density at radius 2 is 1.67 bits per heavy atom. The molecule has 0 aliphatic carbocycles. The predicted molar refractivity (Wildman–Crippen MR) is 81.2 cm³/mol. The van der Waals surface area contributed by atoms with Gasteiger partial charge in [-0.2, -0.15) is 0 Å². The third kappa shape index (κ3) is 4.36. The number of carbonyl (C=O) groups excluding carboxylic acids is 2. The first-order valence-corrected chi connectivity index (χ1v) is 7.91. The number of hydrogen-bond acceptors (Lipinski definition) is 3. The Labute approximate surface area is 128 Å². The second-order valence-electron chi connectivity index (χ2n) is 4.35. The summed E-state index contributed by atoms with van der Waals surface area (Å²) in [6.45, 7) is 1.41. The van der Waals surface area contributed by atoms with E-state index in [2.05, 4.69) is 10.6 Å². The zero-order valence-electron chi connectivity index (χ0n) is 11.3. The van der Waals surface area contributed by atoms with Crippen LogP contribution in [0.4, 0.5) is 11.4 Å². The number of amides is 2. The molecule has 2 aromatic carbocycles. The summed E-state index contributed by atoms with van der Waals surface area (Å²) in [5, 5.41) is 5.38. The summed E-state index contributed by atoms with van der Waals surface area (Å²) in [6.07, 6.45) is 0. The number of benzene rings is 2. The normalized spacial score (nSPS) is 10.1. The van der Waals surface area contributed by atoms with Crippen molar-refractivity contribution in [2.75, 3.05) is 10.6 Å². The number of nitrogens with one attached hydrogen (secondary N) is 2. The molecule has 6 heteroatoms. The van der Waals surface area contributed by atoms with Crippen LogP contribution in [0.5, 0.6) is 0 Å². The first-order valence-electron chi connectivity index (χ1n) is 6.21. The molecule has 106 valence electrons. The molecular weight excluding hydrogens is 331 g/mol. The van der Waals surface area contributed by atoms with Crippen molar-refractivity contribution < 1.29 is 13.3 Å². The maximum absolute atomic E-state index is 12.1. The fourth-order valence-corrected chi connectivity index (χ4v) is 2.32. The van der Waals surface area contributed by atoms with E-state index in [0.717, 1.165) is 4.35 Å². The van der Waals surface area contributed by atoms with Crippen LogP contribution in [0.1, 0.15) is 17.3 Å². The first-order chi connectivity index (χ1) is 10.1. The molecular formula is C15H13AsN2O3. The van der Waals surface area contributed by atoms with Crippen LogP contribution in [0, 0.1) is 0 Å². The Morgan fingerprint density at radius 1 is 0.952 bits per heavy atom. The van der Waals surface area contributed by atoms with E-state index < -0.39 is 15.7 Å². The Balaban J connectivity index is 2.12. The quantitative estimate of drug-likeness (QED) is 0.827. The zero-order valence-corrected chi connectivity index (χ0v) is 13.2. The standard InChI is InChI=1S/C15H13AsN2O3/c1-10(19)17-14-4-2-3-11(9-14)15(20)18-13-7-5-12(16-21)6-8-13/h2-9H,1H3,(H,17,19)(H,18,20). The summed E-state index contributed by atoms with van der Waals surface area (Å²) < 4.78 is 11.5. The van der Waals surface area contributed by atoms with Crippen molar-refractivity contribution in [2.24, 2.45) is 0 Å². The van der Waals surface area contributed by atoms with Gasteiger partial charge in [-0.3, -0.25) is 0 Å². The molecule has 2 aromatic rings. The molecule has 5 nitrogen and oxygen atoms in total. The molecule has 0 bridgehead atoms. The molecule has 2 rings (SSSR count). The molecule has 0 fully saturated rings. The van der Waals surface area contributed by atoms with Crippen LogP contribution in [0.3, 0.4) is 0 Å². The molecule has 0 aromatic heterocycles. The molecule has 2 amide bonds. The number of carbonyl (C=O) groups is 2. The van der Waals surface area contributed by atoms with Gasteiger partial charge in [0.25, 0.3) is 0 Å². The van der Waals surface area contributed by atoms with Crippen molar-refractivity contribution in [2.45, 2.75) is 6.92 Å². The van der Waals surface area contributed by atoms with Crippen LogP contribution in [0.25, 0.3) is 0 Å². The van der Waals surface area contributed by atoms with E-state index in [4.69, 9.17) is 0 Å². The summed E-state index contributed by atoms with van der Waals surface area (Å²) in [5.74, 6) is -0.464. The van der Waals surface area contributed by atoms with Gasteiger partial charge in [0, 0.05) is 0 Å². The van der Waals surface area contributed by atoms with E-state index in [1.807, 2.05) is 0 Å². The second-order valence-corrected chi connectivity index (χ2v) is 5.82. The summed E-state index contributed by atoms with van der Waals surface area (Å²) in [5.41, 5.74) is 1.64. The van der Waals surface area contributed by atoms with Gasteiger partial charge in [0.2, 0.25) is 0 Å². The minimum atomic E-state index is -1.05. The van der Waals surface area contributed by atoms with Crippen molar-refractivity contribution in [1.29, 1.82) is 0 Å². The molecule has 0 spiro atoms. The summed E-state index contributed by atoms with van der Waals surface area (Å²) in [6, 6.07) is 13.5. The summed E-state index contributed by atoms with van der Waals surface area (Å²) in [7, 11) is 0. The third-order valence-electron chi connectivity index (χ3n) is 2.68. The van der Waals surface area contributed by atoms with E-state index >= 15 is 0 Å². The zero-order chi connectivity index (χ0) is 15.2. The molecule has 0 heterocycles. The minimum absolute atomic E-state index is 0.191. The van der Waals surface area contributed by atoms with Crippen LogP contribution in [0.2, 0.25) is 0 Å². The average Bonchev–Trinajstić information content (AvgIpc) is 2.47. The molecule has 0 saturated heterocycles. The SMILES string of the molecule is CC(=O)Nc1cccc(C(=O)Nc2ccc([As]=O)cc2)c1. The Hall–Kier alpha value is -2.26. The van der Waals surface area contributed by atoms with Gasteiger partial charge in [0.1, 0.15) is 0 Å². The van der Waals surface area contributed by atoms with E-state index in [9.17, 15) is 13.3 Å². The van der Waals surface area contributed by atoms with Gasteiger partial charge < -0.3 is 0 Å². The van der Waals surface area contributed by atoms with E-state index in [1.165, 1.54) is 6.92 Å². The molecule has 0 aliphatic rings. The fourth-order valence-electron chi connectivity index (χ4n) is 1.75. The molecule has 0 aliphatic heterocycles. The van der Waals surface area contributed by atoms with Gasteiger partial charge in [-0.05, 0) is 0 Å². The van der Waals surface area contributed by atoms with Gasteiger partial charge in [0.05, 0.1) is 0 Å². The van der Waals surface area contributed by atoms with E-state index in [-0.39, 0.29) is 11.8 Å². The van der Waals surface area contributed by atoms with Gasteiger partial charge in [-0.25, -0.2) is 0 Å². The fraction of sp³-hybridized carbons (Fsp3) is 0.0667. The monoisotopic (exact) mass is 344 g/mol. The van der Waals surface area contributed by atoms with Gasteiger partial charge in [-0.1, -0.05) is 0 Å². The summed E-state index contributed by atoms with van der Waals surface area (Å²) >= 11 is -1.05. The van der Waals surface area contributed by atoms with E-state index in [1.54, 1.807) is 48.5 Å². The van der Waals surface area contributed by atoms with E-state index in [0.29, 0.717) is 16.9 Å². The Morgan fingerprint density at radius 3 is 2.29 bits per heavy atom. The summed E-state index contributed by atoms with van der Waals surface area (Å²) in [4.78, 5) is 23.1. The predicted octanol–water partition coefficient (Wildman–Crippen LogP) is 1.57. The maximum atomic E-state index is 12.1. The van der Waals surface area contributed by atoms with Gasteiger partial charge >= 0.3 is 128 Å². The van der Waals surface area contributed by atoms with Crippen LogP contribution in [-0.2, 0) is 8.53 Å². The molecule has 0 saturated carbocycles. The Bertz CT molecular complexity index is 684. The molecule has 21 heavy (non-hydrogen) atoms. The number of hydrogen-bond donors (Lipinski definition) is 2. The van der Waals surface area contributed by atoms with Gasteiger partial charge in [0.15, 0.2) is 0 Å². The number of rotatable bonds is 4. The average molecular weight is 344 g/mol. The molecule has 2 N–H and O–H groups in total. The molecule has 0 unspecified atom stereocenters. The van der Waals surface area contributed by atoms with Crippen molar-refractivity contribution >= 4 is 43.2 Å². The van der Waals surface area contributed by atoms with Crippen LogP contribution < -0.4 is 15.0 Å². The van der Waals surface area contributed by atoms with Crippen molar-refractivity contribution in [3.8, 4) is 0 Å². The van der Waals surface area contributed by atoms with Crippen molar-refractivity contribution in [1.82, 2.24) is 0 Å². The topological polar surface area (TPSA) is 75.3 Å². The molecule has 0 radical (unpaired) electrons. The molecule has 0 atom stereocenters. The Kier molecular flexibility index (Phi) is 5.01.